The van der Waals surface area contributed by atoms with Crippen molar-refractivity contribution in [1.29, 1.82) is 0 Å². The van der Waals surface area contributed by atoms with E-state index in [2.05, 4.69) is 4.98 Å². The third-order valence-electron chi connectivity index (χ3n) is 3.75. The van der Waals surface area contributed by atoms with E-state index in [9.17, 15) is 9.90 Å². The zero-order valence-electron chi connectivity index (χ0n) is 12.0. The largest absolute Gasteiger partial charge is 0.389 e. The average molecular weight is 292 g/mol. The lowest BCUT2D eigenvalue weighted by Crippen LogP contribution is -2.32. The summed E-state index contributed by atoms with van der Waals surface area (Å²) in [5, 5.41) is 10.7. The fraction of sp³-hybridized carbons (Fsp3) is 0.600. The first-order chi connectivity index (χ1) is 9.46. The number of fused-ring (bicyclic) bond motifs is 3. The summed E-state index contributed by atoms with van der Waals surface area (Å²) in [5.74, 6) is 0. The fourth-order valence-corrected chi connectivity index (χ4v) is 4.11. The van der Waals surface area contributed by atoms with Crippen molar-refractivity contribution in [3.05, 3.63) is 27.1 Å². The molecule has 0 aliphatic heterocycles. The van der Waals surface area contributed by atoms with Crippen molar-refractivity contribution >= 4 is 21.6 Å². The molecule has 0 aromatic carbocycles. The highest BCUT2D eigenvalue weighted by molar-refractivity contribution is 7.18. The molecule has 1 aliphatic rings. The van der Waals surface area contributed by atoms with Crippen molar-refractivity contribution in [3.8, 4) is 0 Å². The van der Waals surface area contributed by atoms with Crippen molar-refractivity contribution in [1.82, 2.24) is 9.55 Å². The zero-order valence-corrected chi connectivity index (χ0v) is 12.8. The Labute approximate surface area is 122 Å². The molecule has 4 nitrogen and oxygen atoms in total. The van der Waals surface area contributed by atoms with Crippen molar-refractivity contribution in [2.45, 2.75) is 58.1 Å². The highest BCUT2D eigenvalue weighted by Crippen LogP contribution is 2.32. The van der Waals surface area contributed by atoms with Gasteiger partial charge in [0.2, 0.25) is 0 Å². The molecule has 20 heavy (non-hydrogen) atoms. The molecule has 2 aromatic rings. The van der Waals surface area contributed by atoms with Gasteiger partial charge in [0, 0.05) is 4.88 Å². The molecule has 2 aromatic heterocycles. The van der Waals surface area contributed by atoms with E-state index in [4.69, 9.17) is 0 Å². The lowest BCUT2D eigenvalue weighted by Gasteiger charge is -2.18. The van der Waals surface area contributed by atoms with Gasteiger partial charge < -0.3 is 5.11 Å². The van der Waals surface area contributed by atoms with E-state index in [0.29, 0.717) is 0 Å². The van der Waals surface area contributed by atoms with E-state index in [-0.39, 0.29) is 12.1 Å². The molecule has 0 unspecified atom stereocenters. The molecule has 2 heterocycles. The van der Waals surface area contributed by atoms with Gasteiger partial charge in [-0.2, -0.15) is 0 Å². The molecule has 3 rings (SSSR count). The van der Waals surface area contributed by atoms with Crippen LogP contribution in [0.3, 0.4) is 0 Å². The molecule has 5 heteroatoms. The van der Waals surface area contributed by atoms with Crippen LogP contribution in [0.15, 0.2) is 11.1 Å². The highest BCUT2D eigenvalue weighted by atomic mass is 32.1. The van der Waals surface area contributed by atoms with Gasteiger partial charge in [-0.05, 0) is 45.1 Å². The van der Waals surface area contributed by atoms with Gasteiger partial charge in [0.05, 0.1) is 23.9 Å². The average Bonchev–Trinajstić information content (AvgIpc) is 2.54. The Bertz CT molecular complexity index is 694. The number of rotatable bonds is 2. The molecule has 0 radical (unpaired) electrons. The van der Waals surface area contributed by atoms with Crippen LogP contribution in [0.4, 0.5) is 0 Å². The molecule has 0 fully saturated rings. The van der Waals surface area contributed by atoms with Crippen LogP contribution in [0.25, 0.3) is 10.2 Å². The molecule has 0 bridgehead atoms. The normalized spacial score (nSPS) is 16.1. The number of aromatic nitrogens is 2. The van der Waals surface area contributed by atoms with Gasteiger partial charge in [-0.3, -0.25) is 9.36 Å². The maximum atomic E-state index is 12.7. The second-order valence-corrected chi connectivity index (χ2v) is 7.32. The SMILES string of the molecule is CC(C)(O)Cn1cnc2sc3c(c2c1=O)CCCCC3. The van der Waals surface area contributed by atoms with Crippen LogP contribution in [0.1, 0.15) is 43.6 Å². The van der Waals surface area contributed by atoms with Gasteiger partial charge in [0.1, 0.15) is 4.83 Å². The van der Waals surface area contributed by atoms with Crippen LogP contribution >= 0.6 is 11.3 Å². The van der Waals surface area contributed by atoms with Crippen LogP contribution in [0.5, 0.6) is 0 Å². The second-order valence-electron chi connectivity index (χ2n) is 6.23. The van der Waals surface area contributed by atoms with Crippen LogP contribution in [-0.2, 0) is 19.4 Å². The van der Waals surface area contributed by atoms with Crippen molar-refractivity contribution in [2.24, 2.45) is 0 Å². The Balaban J connectivity index is 2.16. The van der Waals surface area contributed by atoms with Gasteiger partial charge in [0.15, 0.2) is 0 Å². The van der Waals surface area contributed by atoms with Crippen molar-refractivity contribution in [3.63, 3.8) is 0 Å². The van der Waals surface area contributed by atoms with Crippen LogP contribution in [-0.4, -0.2) is 20.3 Å². The number of nitrogens with zero attached hydrogens (tertiary/aromatic N) is 2. The molecular formula is C15H20N2O2S. The van der Waals surface area contributed by atoms with Gasteiger partial charge in [0.25, 0.3) is 5.56 Å². The lowest BCUT2D eigenvalue weighted by atomic mass is 10.1. The number of aryl methyl sites for hydroxylation is 2. The summed E-state index contributed by atoms with van der Waals surface area (Å²) in [6.07, 6.45) is 7.22. The summed E-state index contributed by atoms with van der Waals surface area (Å²) in [6, 6.07) is 0. The van der Waals surface area contributed by atoms with E-state index in [1.807, 2.05) is 0 Å². The third kappa shape index (κ3) is 2.52. The molecule has 0 saturated heterocycles. The van der Waals surface area contributed by atoms with Gasteiger partial charge >= 0.3 is 0 Å². The molecule has 0 saturated carbocycles. The smallest absolute Gasteiger partial charge is 0.262 e. The molecule has 0 atom stereocenters. The van der Waals surface area contributed by atoms with Crippen molar-refractivity contribution in [2.75, 3.05) is 0 Å². The minimum atomic E-state index is -0.911. The Morgan fingerprint density at radius 1 is 1.35 bits per heavy atom. The van der Waals surface area contributed by atoms with Crippen LogP contribution in [0, 0.1) is 0 Å². The first-order valence-corrected chi connectivity index (χ1v) is 7.99. The van der Waals surface area contributed by atoms with E-state index < -0.39 is 5.60 Å². The number of hydrogen-bond donors (Lipinski definition) is 1. The van der Waals surface area contributed by atoms with E-state index in [1.165, 1.54) is 23.3 Å². The first kappa shape index (κ1) is 13.8. The zero-order chi connectivity index (χ0) is 14.3. The number of hydrogen-bond acceptors (Lipinski definition) is 4. The summed E-state index contributed by atoms with van der Waals surface area (Å²) in [7, 11) is 0. The summed E-state index contributed by atoms with van der Waals surface area (Å²) >= 11 is 1.67. The Morgan fingerprint density at radius 3 is 2.85 bits per heavy atom. The van der Waals surface area contributed by atoms with Crippen LogP contribution < -0.4 is 5.56 Å². The molecule has 1 N–H and O–H groups in total. The number of aliphatic hydroxyl groups is 1. The van der Waals surface area contributed by atoms with Crippen molar-refractivity contribution < 1.29 is 5.11 Å². The minimum absolute atomic E-state index is 0.00322. The quantitative estimate of drug-likeness (QED) is 0.865. The van der Waals surface area contributed by atoms with E-state index >= 15 is 0 Å². The maximum absolute atomic E-state index is 12.7. The summed E-state index contributed by atoms with van der Waals surface area (Å²) in [6.45, 7) is 3.69. The van der Waals surface area contributed by atoms with Gasteiger partial charge in [-0.15, -0.1) is 11.3 Å². The van der Waals surface area contributed by atoms with E-state index in [0.717, 1.165) is 29.5 Å². The maximum Gasteiger partial charge on any atom is 0.262 e. The summed E-state index contributed by atoms with van der Waals surface area (Å²) in [5.41, 5.74) is 0.299. The molecule has 1 aliphatic carbocycles. The molecular weight excluding hydrogens is 272 g/mol. The Kier molecular flexibility index (Phi) is 3.42. The summed E-state index contributed by atoms with van der Waals surface area (Å²) < 4.78 is 1.54. The minimum Gasteiger partial charge on any atom is -0.389 e. The predicted octanol–water partition coefficient (Wildman–Crippen LogP) is 2.50. The summed E-state index contributed by atoms with van der Waals surface area (Å²) in [4.78, 5) is 19.3. The number of thiophene rings is 1. The standard InChI is InChI=1S/C15H20N2O2S/c1-15(2,19)8-17-9-16-13-12(14(17)18)10-6-4-3-5-7-11(10)20-13/h9,19H,3-8H2,1-2H3. The lowest BCUT2D eigenvalue weighted by molar-refractivity contribution is 0.0603. The third-order valence-corrected chi connectivity index (χ3v) is 4.95. The monoisotopic (exact) mass is 292 g/mol. The Morgan fingerprint density at radius 2 is 2.10 bits per heavy atom. The molecule has 0 spiro atoms. The Hall–Kier alpha value is -1.20. The fourth-order valence-electron chi connectivity index (χ4n) is 2.89. The van der Waals surface area contributed by atoms with Gasteiger partial charge in [-0.1, -0.05) is 6.42 Å². The van der Waals surface area contributed by atoms with E-state index in [1.54, 1.807) is 36.1 Å². The predicted molar refractivity (Wildman–Crippen MR) is 81.4 cm³/mol. The topological polar surface area (TPSA) is 55.1 Å². The second kappa shape index (κ2) is 4.97. The highest BCUT2D eigenvalue weighted by Gasteiger charge is 2.21. The van der Waals surface area contributed by atoms with Crippen LogP contribution in [0.2, 0.25) is 0 Å². The van der Waals surface area contributed by atoms with Gasteiger partial charge in [-0.25, -0.2) is 4.98 Å². The first-order valence-electron chi connectivity index (χ1n) is 7.18. The molecule has 108 valence electrons. The molecule has 0 amide bonds.